The Morgan fingerprint density at radius 3 is 2.52 bits per heavy atom. The minimum absolute atomic E-state index is 0.157. The molecule has 0 fully saturated rings. The number of halogens is 3. The molecule has 0 amide bonds. The number of nitrogens with one attached hydrogen (secondary N) is 3. The van der Waals surface area contributed by atoms with Gasteiger partial charge in [-0.3, -0.25) is 5.10 Å². The maximum Gasteiger partial charge on any atom is 0.433 e. The molecule has 6 nitrogen and oxygen atoms in total. The standard InChI is InChI=1S/C22H25F3N6/c1-14(2)7-15-3-5-18(6-4-15)27-12-17(26)13-28-19-8-20(16-10-29-30-11-16)31-21(9-19)22(23,24)25/h3-6,8-12,14,27H,7,13,26H2,1-2H3,(H,28,31)(H,29,30)/b17-12-. The van der Waals surface area contributed by atoms with Crippen LogP contribution in [0.2, 0.25) is 0 Å². The van der Waals surface area contributed by atoms with Gasteiger partial charge in [0.2, 0.25) is 0 Å². The SMILES string of the molecule is CC(C)Cc1ccc(N/C=C(\N)CNc2cc(-c3cn[nH]c3)nc(C(F)(F)F)c2)cc1. The number of aromatic amines is 1. The van der Waals surface area contributed by atoms with Gasteiger partial charge in [-0.05, 0) is 42.2 Å². The molecule has 0 atom stereocenters. The quantitative estimate of drug-likeness (QED) is 0.403. The van der Waals surface area contributed by atoms with Crippen molar-refractivity contribution in [3.8, 4) is 11.3 Å². The van der Waals surface area contributed by atoms with Crippen LogP contribution in [0.3, 0.4) is 0 Å². The first-order valence-electron chi connectivity index (χ1n) is 9.83. The zero-order valence-electron chi connectivity index (χ0n) is 17.3. The molecule has 2 aromatic heterocycles. The van der Waals surface area contributed by atoms with E-state index in [1.165, 1.54) is 24.0 Å². The number of hydrogen-bond acceptors (Lipinski definition) is 5. The Bertz CT molecular complexity index is 1010. The highest BCUT2D eigenvalue weighted by Crippen LogP contribution is 2.32. The van der Waals surface area contributed by atoms with E-state index in [1.54, 1.807) is 6.20 Å². The summed E-state index contributed by atoms with van der Waals surface area (Å²) in [4.78, 5) is 3.69. The highest BCUT2D eigenvalue weighted by atomic mass is 19.4. The van der Waals surface area contributed by atoms with E-state index in [2.05, 4.69) is 51.8 Å². The number of alkyl halides is 3. The first-order chi connectivity index (χ1) is 14.7. The summed E-state index contributed by atoms with van der Waals surface area (Å²) in [7, 11) is 0. The summed E-state index contributed by atoms with van der Waals surface area (Å²) in [5.41, 5.74) is 8.45. The summed E-state index contributed by atoms with van der Waals surface area (Å²) < 4.78 is 39.7. The van der Waals surface area contributed by atoms with E-state index in [9.17, 15) is 13.2 Å². The molecule has 0 aliphatic heterocycles. The number of nitrogens with zero attached hydrogens (tertiary/aromatic N) is 2. The number of rotatable bonds is 8. The van der Waals surface area contributed by atoms with Crippen LogP contribution in [0.1, 0.15) is 25.1 Å². The number of benzene rings is 1. The van der Waals surface area contributed by atoms with Crippen molar-refractivity contribution in [1.29, 1.82) is 0 Å². The van der Waals surface area contributed by atoms with Crippen molar-refractivity contribution in [1.82, 2.24) is 15.2 Å². The van der Waals surface area contributed by atoms with Gasteiger partial charge in [-0.1, -0.05) is 26.0 Å². The molecule has 0 unspecified atom stereocenters. The van der Waals surface area contributed by atoms with Crippen LogP contribution in [0.15, 0.2) is 60.7 Å². The Balaban J connectivity index is 1.66. The first-order valence-corrected chi connectivity index (χ1v) is 9.83. The topological polar surface area (TPSA) is 91.6 Å². The lowest BCUT2D eigenvalue weighted by molar-refractivity contribution is -0.141. The minimum atomic E-state index is -4.57. The average Bonchev–Trinajstić information content (AvgIpc) is 3.25. The number of pyridine rings is 1. The van der Waals surface area contributed by atoms with E-state index in [0.29, 0.717) is 17.2 Å². The number of nitrogens with two attached hydrogens (primary N) is 1. The molecule has 31 heavy (non-hydrogen) atoms. The van der Waals surface area contributed by atoms with E-state index in [0.717, 1.165) is 18.2 Å². The molecular formula is C22H25F3N6. The van der Waals surface area contributed by atoms with Gasteiger partial charge in [0.25, 0.3) is 0 Å². The molecule has 1 aromatic carbocycles. The lowest BCUT2D eigenvalue weighted by Gasteiger charge is -2.13. The van der Waals surface area contributed by atoms with E-state index in [-0.39, 0.29) is 17.9 Å². The molecule has 5 N–H and O–H groups in total. The maximum absolute atomic E-state index is 13.2. The predicted molar refractivity (Wildman–Crippen MR) is 116 cm³/mol. The van der Waals surface area contributed by atoms with E-state index in [1.807, 2.05) is 12.1 Å². The molecular weight excluding hydrogens is 405 g/mol. The maximum atomic E-state index is 13.2. The van der Waals surface area contributed by atoms with E-state index in [4.69, 9.17) is 5.73 Å². The van der Waals surface area contributed by atoms with E-state index < -0.39 is 11.9 Å². The van der Waals surface area contributed by atoms with Gasteiger partial charge in [-0.15, -0.1) is 0 Å². The highest BCUT2D eigenvalue weighted by Gasteiger charge is 2.33. The molecule has 0 saturated heterocycles. The van der Waals surface area contributed by atoms with Crippen LogP contribution in [0.25, 0.3) is 11.3 Å². The molecule has 0 spiro atoms. The second kappa shape index (κ2) is 9.55. The lowest BCUT2D eigenvalue weighted by atomic mass is 10.0. The normalized spacial score (nSPS) is 12.3. The monoisotopic (exact) mass is 430 g/mol. The van der Waals surface area contributed by atoms with Crippen molar-refractivity contribution >= 4 is 11.4 Å². The zero-order chi connectivity index (χ0) is 22.4. The molecule has 0 saturated carbocycles. The first kappa shape index (κ1) is 22.2. The van der Waals surface area contributed by atoms with Gasteiger partial charge in [0, 0.05) is 35.0 Å². The fraction of sp³-hybridized carbons (Fsp3) is 0.273. The van der Waals surface area contributed by atoms with Gasteiger partial charge in [0.1, 0.15) is 5.69 Å². The molecule has 0 bridgehead atoms. The van der Waals surface area contributed by atoms with Crippen LogP contribution < -0.4 is 16.4 Å². The van der Waals surface area contributed by atoms with Crippen molar-refractivity contribution in [2.45, 2.75) is 26.4 Å². The Hall–Kier alpha value is -3.49. The summed E-state index contributed by atoms with van der Waals surface area (Å²) in [6.45, 7) is 4.49. The van der Waals surface area contributed by atoms with E-state index >= 15 is 0 Å². The Labute approximate surface area is 178 Å². The molecule has 3 aromatic rings. The molecule has 0 aliphatic carbocycles. The summed E-state index contributed by atoms with van der Waals surface area (Å²) in [6.07, 6.45) is 0.955. The third kappa shape index (κ3) is 6.50. The summed E-state index contributed by atoms with van der Waals surface area (Å²) in [6, 6.07) is 10.5. The fourth-order valence-electron chi connectivity index (χ4n) is 2.96. The van der Waals surface area contributed by atoms with Crippen LogP contribution in [-0.4, -0.2) is 21.7 Å². The van der Waals surface area contributed by atoms with Gasteiger partial charge in [0.05, 0.1) is 18.4 Å². The largest absolute Gasteiger partial charge is 0.433 e. The van der Waals surface area contributed by atoms with Crippen molar-refractivity contribution in [3.05, 3.63) is 71.9 Å². The highest BCUT2D eigenvalue weighted by molar-refractivity contribution is 5.63. The third-order valence-electron chi connectivity index (χ3n) is 4.43. The van der Waals surface area contributed by atoms with Gasteiger partial charge in [0.15, 0.2) is 0 Å². The Morgan fingerprint density at radius 2 is 1.90 bits per heavy atom. The van der Waals surface area contributed by atoms with Gasteiger partial charge in [-0.25, -0.2) is 4.98 Å². The van der Waals surface area contributed by atoms with Crippen molar-refractivity contribution in [2.24, 2.45) is 11.7 Å². The Kier molecular flexibility index (Phi) is 6.84. The molecule has 164 valence electrons. The predicted octanol–water partition coefficient (Wildman–Crippen LogP) is 5.01. The Morgan fingerprint density at radius 1 is 1.16 bits per heavy atom. The summed E-state index contributed by atoms with van der Waals surface area (Å²) in [5.74, 6) is 0.584. The third-order valence-corrected chi connectivity index (χ3v) is 4.43. The molecule has 0 aliphatic rings. The van der Waals surface area contributed by atoms with Crippen molar-refractivity contribution < 1.29 is 13.2 Å². The summed E-state index contributed by atoms with van der Waals surface area (Å²) >= 11 is 0. The zero-order valence-corrected chi connectivity index (χ0v) is 17.3. The molecule has 9 heteroatoms. The van der Waals surface area contributed by atoms with Gasteiger partial charge >= 0.3 is 6.18 Å². The van der Waals surface area contributed by atoms with Crippen LogP contribution in [0, 0.1) is 5.92 Å². The minimum Gasteiger partial charge on any atom is -0.399 e. The second-order valence-electron chi connectivity index (χ2n) is 7.62. The number of aromatic nitrogens is 3. The summed E-state index contributed by atoms with van der Waals surface area (Å²) in [5, 5.41) is 12.4. The van der Waals surface area contributed by atoms with Crippen LogP contribution in [0.4, 0.5) is 24.5 Å². The molecule has 0 radical (unpaired) electrons. The number of H-pyrrole nitrogens is 1. The number of hydrogen-bond donors (Lipinski definition) is 4. The second-order valence-corrected chi connectivity index (χ2v) is 7.62. The lowest BCUT2D eigenvalue weighted by Crippen LogP contribution is -2.15. The smallest absolute Gasteiger partial charge is 0.399 e. The fourth-order valence-corrected chi connectivity index (χ4v) is 2.96. The van der Waals surface area contributed by atoms with Crippen LogP contribution in [0.5, 0.6) is 0 Å². The van der Waals surface area contributed by atoms with Gasteiger partial charge in [-0.2, -0.15) is 18.3 Å². The van der Waals surface area contributed by atoms with Crippen molar-refractivity contribution in [3.63, 3.8) is 0 Å². The van der Waals surface area contributed by atoms with Crippen molar-refractivity contribution in [2.75, 3.05) is 17.2 Å². The van der Waals surface area contributed by atoms with Crippen LogP contribution in [-0.2, 0) is 12.6 Å². The molecule has 3 rings (SSSR count). The van der Waals surface area contributed by atoms with Gasteiger partial charge < -0.3 is 16.4 Å². The van der Waals surface area contributed by atoms with Crippen LogP contribution >= 0.6 is 0 Å². The average molecular weight is 430 g/mol. The molecule has 2 heterocycles. The number of anilines is 2.